The Bertz CT molecular complexity index is 680. The summed E-state index contributed by atoms with van der Waals surface area (Å²) in [5.74, 6) is -0.244. The molecule has 0 unspecified atom stereocenters. The first-order valence-corrected chi connectivity index (χ1v) is 9.43. The maximum absolute atomic E-state index is 13.0. The van der Waals surface area contributed by atoms with Crippen LogP contribution in [-0.4, -0.2) is 35.5 Å². The number of hydrogen-bond acceptors (Lipinski definition) is 4. The van der Waals surface area contributed by atoms with Crippen molar-refractivity contribution in [2.45, 2.75) is 31.4 Å². The first-order chi connectivity index (χ1) is 12.0. The number of carbonyl (C=O) groups is 1. The lowest BCUT2D eigenvalue weighted by molar-refractivity contribution is -0.121. The molecule has 1 aromatic carbocycles. The molecule has 0 spiro atoms. The van der Waals surface area contributed by atoms with Gasteiger partial charge < -0.3 is 15.3 Å². The third-order valence-electron chi connectivity index (χ3n) is 4.76. The molecule has 2 heterocycles. The minimum absolute atomic E-state index is 0.0489. The van der Waals surface area contributed by atoms with Crippen LogP contribution in [0.25, 0.3) is 0 Å². The molecule has 2 N–H and O–H groups in total. The SMILES string of the molecule is O=C(CCN1CCC(O)(c2ccc(F)cc2)CC1)NCc1cccs1. The van der Waals surface area contributed by atoms with Crippen molar-refractivity contribution in [1.29, 1.82) is 0 Å². The lowest BCUT2D eigenvalue weighted by Crippen LogP contribution is -2.43. The van der Waals surface area contributed by atoms with Crippen LogP contribution in [-0.2, 0) is 16.9 Å². The monoisotopic (exact) mass is 362 g/mol. The summed E-state index contributed by atoms with van der Waals surface area (Å²) in [6, 6.07) is 10.1. The predicted molar refractivity (Wildman–Crippen MR) is 96.8 cm³/mol. The second-order valence-electron chi connectivity index (χ2n) is 6.49. The molecule has 0 bridgehead atoms. The maximum Gasteiger partial charge on any atom is 0.221 e. The van der Waals surface area contributed by atoms with Gasteiger partial charge in [-0.3, -0.25) is 4.79 Å². The first kappa shape index (κ1) is 18.0. The Morgan fingerprint density at radius 2 is 1.96 bits per heavy atom. The van der Waals surface area contributed by atoms with E-state index in [2.05, 4.69) is 10.2 Å². The molecule has 1 fully saturated rings. The molecule has 1 saturated heterocycles. The summed E-state index contributed by atoms with van der Waals surface area (Å²) in [6.07, 6.45) is 1.64. The number of nitrogens with one attached hydrogen (secondary N) is 1. The highest BCUT2D eigenvalue weighted by molar-refractivity contribution is 7.09. The summed E-state index contributed by atoms with van der Waals surface area (Å²) in [4.78, 5) is 15.3. The number of benzene rings is 1. The number of likely N-dealkylation sites (tertiary alicyclic amines) is 1. The summed E-state index contributed by atoms with van der Waals surface area (Å²) in [5.41, 5.74) is -0.131. The Balaban J connectivity index is 1.41. The molecule has 3 rings (SSSR count). The number of aliphatic hydroxyl groups is 1. The van der Waals surface area contributed by atoms with Crippen molar-refractivity contribution in [1.82, 2.24) is 10.2 Å². The fourth-order valence-corrected chi connectivity index (χ4v) is 3.79. The number of piperidine rings is 1. The number of amides is 1. The van der Waals surface area contributed by atoms with Crippen molar-refractivity contribution in [2.24, 2.45) is 0 Å². The Labute approximate surface area is 151 Å². The Morgan fingerprint density at radius 1 is 1.24 bits per heavy atom. The minimum atomic E-state index is -0.897. The fraction of sp³-hybridized carbons (Fsp3) is 0.421. The van der Waals surface area contributed by atoms with Gasteiger partial charge in [0.2, 0.25) is 5.91 Å². The van der Waals surface area contributed by atoms with E-state index >= 15 is 0 Å². The molecule has 1 aromatic heterocycles. The average molecular weight is 362 g/mol. The molecule has 1 aliphatic rings. The predicted octanol–water partition coefficient (Wildman–Crippen LogP) is 2.88. The summed E-state index contributed by atoms with van der Waals surface area (Å²) >= 11 is 1.63. The zero-order chi connectivity index (χ0) is 17.7. The lowest BCUT2D eigenvalue weighted by Gasteiger charge is -2.38. The van der Waals surface area contributed by atoms with Crippen LogP contribution in [0.3, 0.4) is 0 Å². The quantitative estimate of drug-likeness (QED) is 0.831. The van der Waals surface area contributed by atoms with E-state index in [9.17, 15) is 14.3 Å². The van der Waals surface area contributed by atoms with E-state index < -0.39 is 5.60 Å². The van der Waals surface area contributed by atoms with Gasteiger partial charge in [-0.25, -0.2) is 4.39 Å². The van der Waals surface area contributed by atoms with Crippen molar-refractivity contribution in [2.75, 3.05) is 19.6 Å². The van der Waals surface area contributed by atoms with Gasteiger partial charge in [0.15, 0.2) is 0 Å². The molecule has 134 valence electrons. The molecule has 2 aromatic rings. The number of hydrogen-bond donors (Lipinski definition) is 2. The van der Waals surface area contributed by atoms with Crippen molar-refractivity contribution >= 4 is 17.2 Å². The third kappa shape index (κ3) is 4.87. The minimum Gasteiger partial charge on any atom is -0.385 e. The smallest absolute Gasteiger partial charge is 0.221 e. The highest BCUT2D eigenvalue weighted by Gasteiger charge is 2.33. The molecular formula is C19H23FN2O2S. The average Bonchev–Trinajstić information content (AvgIpc) is 3.13. The zero-order valence-corrected chi connectivity index (χ0v) is 14.9. The van der Waals surface area contributed by atoms with Gasteiger partial charge in [-0.2, -0.15) is 0 Å². The lowest BCUT2D eigenvalue weighted by atomic mass is 9.84. The Morgan fingerprint density at radius 3 is 2.60 bits per heavy atom. The topological polar surface area (TPSA) is 52.6 Å². The zero-order valence-electron chi connectivity index (χ0n) is 14.1. The van der Waals surface area contributed by atoms with Gasteiger partial charge in [0, 0.05) is 30.9 Å². The van der Waals surface area contributed by atoms with Crippen LogP contribution in [0.15, 0.2) is 41.8 Å². The highest BCUT2D eigenvalue weighted by atomic mass is 32.1. The van der Waals surface area contributed by atoms with E-state index in [0.717, 1.165) is 23.5 Å². The molecule has 0 atom stereocenters. The van der Waals surface area contributed by atoms with Gasteiger partial charge in [-0.05, 0) is 42.0 Å². The van der Waals surface area contributed by atoms with E-state index in [1.54, 1.807) is 23.5 Å². The van der Waals surface area contributed by atoms with E-state index in [0.29, 0.717) is 32.4 Å². The summed E-state index contributed by atoms with van der Waals surface area (Å²) in [7, 11) is 0. The normalized spacial score (nSPS) is 17.4. The standard InChI is InChI=1S/C19H23FN2O2S/c20-16-5-3-15(4-6-16)19(24)8-11-22(12-9-19)10-7-18(23)21-14-17-2-1-13-25-17/h1-6,13,24H,7-12,14H2,(H,21,23). The molecule has 0 radical (unpaired) electrons. The summed E-state index contributed by atoms with van der Waals surface area (Å²) in [6.45, 7) is 2.73. The van der Waals surface area contributed by atoms with Gasteiger partial charge in [0.1, 0.15) is 5.82 Å². The molecule has 0 saturated carbocycles. The highest BCUT2D eigenvalue weighted by Crippen LogP contribution is 2.32. The molecule has 1 amide bonds. The molecule has 25 heavy (non-hydrogen) atoms. The molecule has 1 aliphatic heterocycles. The van der Waals surface area contributed by atoms with Crippen LogP contribution >= 0.6 is 11.3 Å². The number of halogens is 1. The second kappa shape index (κ2) is 8.08. The van der Waals surface area contributed by atoms with Gasteiger partial charge in [-0.1, -0.05) is 18.2 Å². The Kier molecular flexibility index (Phi) is 5.83. The number of rotatable bonds is 6. The second-order valence-corrected chi connectivity index (χ2v) is 7.52. The summed E-state index contributed by atoms with van der Waals surface area (Å²) < 4.78 is 13.0. The molecule has 0 aliphatic carbocycles. The summed E-state index contributed by atoms with van der Waals surface area (Å²) in [5, 5.41) is 15.7. The van der Waals surface area contributed by atoms with E-state index in [-0.39, 0.29) is 11.7 Å². The van der Waals surface area contributed by atoms with Gasteiger partial charge >= 0.3 is 0 Å². The van der Waals surface area contributed by atoms with Crippen molar-refractivity contribution in [3.05, 3.63) is 58.0 Å². The maximum atomic E-state index is 13.0. The van der Waals surface area contributed by atoms with E-state index in [4.69, 9.17) is 0 Å². The fourth-order valence-electron chi connectivity index (χ4n) is 3.14. The van der Waals surface area contributed by atoms with Crippen LogP contribution < -0.4 is 5.32 Å². The van der Waals surface area contributed by atoms with Crippen molar-refractivity contribution in [3.63, 3.8) is 0 Å². The first-order valence-electron chi connectivity index (χ1n) is 8.55. The van der Waals surface area contributed by atoms with Gasteiger partial charge in [0.05, 0.1) is 12.1 Å². The van der Waals surface area contributed by atoms with E-state index in [1.807, 2.05) is 17.5 Å². The number of carbonyl (C=O) groups excluding carboxylic acids is 1. The van der Waals surface area contributed by atoms with Crippen LogP contribution in [0.4, 0.5) is 4.39 Å². The van der Waals surface area contributed by atoms with Crippen LogP contribution in [0.5, 0.6) is 0 Å². The van der Waals surface area contributed by atoms with Crippen LogP contribution in [0, 0.1) is 5.82 Å². The van der Waals surface area contributed by atoms with Gasteiger partial charge in [-0.15, -0.1) is 11.3 Å². The molecular weight excluding hydrogens is 339 g/mol. The molecule has 6 heteroatoms. The van der Waals surface area contributed by atoms with Crippen LogP contribution in [0.1, 0.15) is 29.7 Å². The third-order valence-corrected chi connectivity index (χ3v) is 5.64. The van der Waals surface area contributed by atoms with Crippen molar-refractivity contribution in [3.8, 4) is 0 Å². The van der Waals surface area contributed by atoms with Crippen molar-refractivity contribution < 1.29 is 14.3 Å². The molecule has 4 nitrogen and oxygen atoms in total. The van der Waals surface area contributed by atoms with E-state index in [1.165, 1.54) is 12.1 Å². The number of nitrogens with zero attached hydrogens (tertiary/aromatic N) is 1. The number of thiophene rings is 1. The van der Waals surface area contributed by atoms with Crippen LogP contribution in [0.2, 0.25) is 0 Å². The largest absolute Gasteiger partial charge is 0.385 e. The Hall–Kier alpha value is -1.76. The van der Waals surface area contributed by atoms with Gasteiger partial charge in [0.25, 0.3) is 0 Å².